The molecule has 8 heteroatoms. The number of carbonyl (C=O) groups is 1. The van der Waals surface area contributed by atoms with Crippen molar-refractivity contribution < 1.29 is 14.8 Å². The number of aryl methyl sites for hydroxylation is 2. The summed E-state index contributed by atoms with van der Waals surface area (Å²) in [6.07, 6.45) is 0.429. The molecule has 0 fully saturated rings. The van der Waals surface area contributed by atoms with Gasteiger partial charge in [-0.15, -0.1) is 0 Å². The maximum atomic E-state index is 11.1. The first-order valence-corrected chi connectivity index (χ1v) is 6.15. The summed E-state index contributed by atoms with van der Waals surface area (Å²) in [5.41, 5.74) is 0.269. The van der Waals surface area contributed by atoms with E-state index in [9.17, 15) is 14.9 Å². The Morgan fingerprint density at radius 1 is 1.61 bits per heavy atom. The fourth-order valence-corrected chi connectivity index (χ4v) is 2.40. The summed E-state index contributed by atoms with van der Waals surface area (Å²) < 4.78 is 0.218. The molecule has 1 rings (SSSR count). The lowest BCUT2D eigenvalue weighted by atomic mass is 10.2. The summed E-state index contributed by atoms with van der Waals surface area (Å²) in [5.74, 6) is -1.03. The molecule has 1 aromatic rings. The number of hydrogen-bond acceptors (Lipinski definition) is 5. The van der Waals surface area contributed by atoms with Gasteiger partial charge in [0.15, 0.2) is 5.03 Å². The molecule has 0 saturated heterocycles. The summed E-state index contributed by atoms with van der Waals surface area (Å²) in [4.78, 5) is 21.6. The zero-order valence-corrected chi connectivity index (χ0v) is 11.4. The third-order valence-electron chi connectivity index (χ3n) is 2.42. The Labute approximate surface area is 108 Å². The number of aliphatic carboxylic acids is 1. The van der Waals surface area contributed by atoms with Crippen molar-refractivity contribution in [1.29, 1.82) is 0 Å². The van der Waals surface area contributed by atoms with Gasteiger partial charge in [0, 0.05) is 7.05 Å². The number of aromatic nitrogens is 2. The lowest BCUT2D eigenvalue weighted by Gasteiger charge is -2.17. The van der Waals surface area contributed by atoms with Crippen LogP contribution in [0.25, 0.3) is 0 Å². The van der Waals surface area contributed by atoms with Crippen LogP contribution < -0.4 is 0 Å². The first-order valence-electron chi connectivity index (χ1n) is 5.33. The highest BCUT2D eigenvalue weighted by Crippen LogP contribution is 2.39. The molecule has 100 valence electrons. The first kappa shape index (κ1) is 14.5. The van der Waals surface area contributed by atoms with Gasteiger partial charge in [0.05, 0.1) is 4.92 Å². The quantitative estimate of drug-likeness (QED) is 0.499. The second-order valence-corrected chi connectivity index (χ2v) is 5.86. The Bertz CT molecular complexity index is 496. The van der Waals surface area contributed by atoms with Gasteiger partial charge in [-0.3, -0.25) is 19.6 Å². The van der Waals surface area contributed by atoms with Crippen LogP contribution >= 0.6 is 11.8 Å². The Morgan fingerprint density at radius 3 is 2.56 bits per heavy atom. The van der Waals surface area contributed by atoms with Crippen molar-refractivity contribution in [1.82, 2.24) is 9.78 Å². The molecule has 0 bridgehead atoms. The fraction of sp³-hybridized carbons (Fsp3) is 0.600. The Kier molecular flexibility index (Phi) is 4.00. The lowest BCUT2D eigenvalue weighted by Crippen LogP contribution is -2.27. The predicted molar refractivity (Wildman–Crippen MR) is 66.8 cm³/mol. The van der Waals surface area contributed by atoms with E-state index >= 15 is 0 Å². The van der Waals surface area contributed by atoms with Crippen molar-refractivity contribution in [3.8, 4) is 0 Å². The summed E-state index contributed by atoms with van der Waals surface area (Å²) in [7, 11) is 1.58. The number of rotatable bonds is 5. The topological polar surface area (TPSA) is 98.3 Å². The van der Waals surface area contributed by atoms with Crippen molar-refractivity contribution in [2.75, 3.05) is 0 Å². The smallest absolute Gasteiger partial charge is 0.323 e. The van der Waals surface area contributed by atoms with E-state index in [4.69, 9.17) is 5.11 Å². The zero-order valence-electron chi connectivity index (χ0n) is 10.6. The van der Waals surface area contributed by atoms with Crippen LogP contribution in [0.2, 0.25) is 0 Å². The number of nitrogens with zero attached hydrogens (tertiary/aromatic N) is 3. The van der Waals surface area contributed by atoms with E-state index in [2.05, 4.69) is 5.10 Å². The minimum absolute atomic E-state index is 0.0978. The molecule has 0 spiro atoms. The summed E-state index contributed by atoms with van der Waals surface area (Å²) in [6, 6.07) is 0. The maximum absolute atomic E-state index is 11.1. The van der Waals surface area contributed by atoms with Crippen molar-refractivity contribution in [3.63, 3.8) is 0 Å². The fourth-order valence-electron chi connectivity index (χ4n) is 1.37. The van der Waals surface area contributed by atoms with E-state index in [0.717, 1.165) is 11.8 Å². The molecule has 0 unspecified atom stereocenters. The normalized spacial score (nSPS) is 11.6. The zero-order chi connectivity index (χ0) is 14.1. The second-order valence-electron chi connectivity index (χ2n) is 4.25. The molecule has 0 aromatic carbocycles. The number of carboxylic acids is 1. The second kappa shape index (κ2) is 4.97. The van der Waals surface area contributed by atoms with Crippen LogP contribution in [0.1, 0.15) is 26.5 Å². The average Bonchev–Trinajstić information content (AvgIpc) is 2.54. The molecule has 0 aliphatic heterocycles. The third-order valence-corrected chi connectivity index (χ3v) is 3.76. The van der Waals surface area contributed by atoms with Crippen LogP contribution in [0, 0.1) is 10.1 Å². The van der Waals surface area contributed by atoms with Crippen molar-refractivity contribution in [2.24, 2.45) is 7.05 Å². The van der Waals surface area contributed by atoms with E-state index in [1.165, 1.54) is 18.5 Å². The van der Waals surface area contributed by atoms with Crippen LogP contribution in [0.3, 0.4) is 0 Å². The SMILES string of the molecule is CCc1nn(C)c(SC(C)(C)C(=O)O)c1[N+](=O)[O-]. The maximum Gasteiger partial charge on any atom is 0.323 e. The highest BCUT2D eigenvalue weighted by atomic mass is 32.2. The molecular weight excluding hydrogens is 258 g/mol. The van der Waals surface area contributed by atoms with Gasteiger partial charge in [0.2, 0.25) is 0 Å². The standard InChI is InChI=1S/C10H15N3O4S/c1-5-6-7(13(16)17)8(12(4)11-6)18-10(2,3)9(14)15/h5H2,1-4H3,(H,14,15). The van der Waals surface area contributed by atoms with E-state index in [1.807, 2.05) is 0 Å². The van der Waals surface area contributed by atoms with E-state index in [0.29, 0.717) is 12.1 Å². The Hall–Kier alpha value is -1.57. The van der Waals surface area contributed by atoms with Gasteiger partial charge < -0.3 is 5.11 Å². The van der Waals surface area contributed by atoms with E-state index in [1.54, 1.807) is 14.0 Å². The lowest BCUT2D eigenvalue weighted by molar-refractivity contribution is -0.388. The van der Waals surface area contributed by atoms with Gasteiger partial charge in [-0.2, -0.15) is 5.10 Å². The third kappa shape index (κ3) is 2.63. The van der Waals surface area contributed by atoms with Crippen LogP contribution in [0.4, 0.5) is 5.69 Å². The molecule has 0 radical (unpaired) electrons. The molecular formula is C10H15N3O4S. The van der Waals surface area contributed by atoms with Gasteiger partial charge in [0.25, 0.3) is 0 Å². The molecule has 0 saturated carbocycles. The summed E-state index contributed by atoms with van der Waals surface area (Å²) >= 11 is 0.931. The average molecular weight is 273 g/mol. The molecule has 0 atom stereocenters. The van der Waals surface area contributed by atoms with Crippen LogP contribution in [0.15, 0.2) is 5.03 Å². The minimum atomic E-state index is -1.15. The van der Waals surface area contributed by atoms with Crippen LogP contribution in [-0.4, -0.2) is 30.5 Å². The molecule has 1 N–H and O–H groups in total. The van der Waals surface area contributed by atoms with Gasteiger partial charge >= 0.3 is 11.7 Å². The van der Waals surface area contributed by atoms with Gasteiger partial charge in [0.1, 0.15) is 10.4 Å². The van der Waals surface area contributed by atoms with Crippen molar-refractivity contribution in [3.05, 3.63) is 15.8 Å². The minimum Gasteiger partial charge on any atom is -0.480 e. The van der Waals surface area contributed by atoms with Crippen molar-refractivity contribution in [2.45, 2.75) is 37.0 Å². The first-order chi connectivity index (χ1) is 8.20. The number of thioether (sulfide) groups is 1. The van der Waals surface area contributed by atoms with E-state index < -0.39 is 15.6 Å². The summed E-state index contributed by atoms with van der Waals surface area (Å²) in [6.45, 7) is 4.77. The van der Waals surface area contributed by atoms with Crippen LogP contribution in [-0.2, 0) is 18.3 Å². The Morgan fingerprint density at radius 2 is 2.17 bits per heavy atom. The molecule has 0 amide bonds. The molecule has 0 aliphatic carbocycles. The van der Waals surface area contributed by atoms with Gasteiger partial charge in [-0.05, 0) is 20.3 Å². The van der Waals surface area contributed by atoms with Gasteiger partial charge in [-0.1, -0.05) is 18.7 Å². The van der Waals surface area contributed by atoms with Crippen molar-refractivity contribution >= 4 is 23.4 Å². The molecule has 0 aliphatic rings. The molecule has 1 aromatic heterocycles. The highest BCUT2D eigenvalue weighted by Gasteiger charge is 2.35. The number of nitro groups is 1. The number of hydrogen-bond donors (Lipinski definition) is 1. The van der Waals surface area contributed by atoms with E-state index in [-0.39, 0.29) is 10.7 Å². The van der Waals surface area contributed by atoms with Gasteiger partial charge in [-0.25, -0.2) is 0 Å². The molecule has 1 heterocycles. The van der Waals surface area contributed by atoms with Crippen LogP contribution in [0.5, 0.6) is 0 Å². The highest BCUT2D eigenvalue weighted by molar-refractivity contribution is 8.01. The monoisotopic (exact) mass is 273 g/mol. The molecule has 18 heavy (non-hydrogen) atoms. The summed E-state index contributed by atoms with van der Waals surface area (Å²) in [5, 5.41) is 24.5. The largest absolute Gasteiger partial charge is 0.480 e. The predicted octanol–water partition coefficient (Wildman–Crippen LogP) is 1.85. The Balaban J connectivity index is 3.28. The number of carboxylic acid groups (broad SMARTS) is 1. The molecule has 7 nitrogen and oxygen atoms in total.